The molecule has 1 unspecified atom stereocenters. The summed E-state index contributed by atoms with van der Waals surface area (Å²) in [5, 5.41) is 6.28. The molecule has 0 aliphatic carbocycles. The van der Waals surface area contributed by atoms with Crippen LogP contribution in [0.5, 0.6) is 0 Å². The number of hydrogen-bond acceptors (Lipinski definition) is 5. The Labute approximate surface area is 189 Å². The summed E-state index contributed by atoms with van der Waals surface area (Å²) in [6, 6.07) is 12.3. The molecule has 1 atom stereocenters. The lowest BCUT2D eigenvalue weighted by Crippen LogP contribution is -2.67. The van der Waals surface area contributed by atoms with Crippen LogP contribution in [0.3, 0.4) is 0 Å². The third kappa shape index (κ3) is 3.37. The van der Waals surface area contributed by atoms with E-state index < -0.39 is 0 Å². The second kappa shape index (κ2) is 7.93. The number of aromatic nitrogens is 1. The van der Waals surface area contributed by atoms with Crippen LogP contribution in [0, 0.1) is 13.8 Å². The highest BCUT2D eigenvalue weighted by atomic mass is 16.5. The summed E-state index contributed by atoms with van der Waals surface area (Å²) in [6.45, 7) is 7.52. The Hall–Kier alpha value is -2.86. The van der Waals surface area contributed by atoms with Crippen molar-refractivity contribution in [2.75, 3.05) is 38.6 Å². The summed E-state index contributed by atoms with van der Waals surface area (Å²) in [5.74, 6) is 1.05. The fourth-order valence-electron chi connectivity index (χ4n) is 5.53. The molecular formula is C26H32N4O2. The third-order valence-corrected chi connectivity index (χ3v) is 7.50. The highest BCUT2D eigenvalue weighted by Crippen LogP contribution is 2.41. The molecule has 1 amide bonds. The largest absolute Gasteiger partial charge is 0.377 e. The average molecular weight is 433 g/mol. The van der Waals surface area contributed by atoms with Crippen molar-refractivity contribution in [1.82, 2.24) is 15.0 Å². The van der Waals surface area contributed by atoms with Gasteiger partial charge in [-0.15, -0.1) is 0 Å². The maximum atomic E-state index is 13.7. The summed E-state index contributed by atoms with van der Waals surface area (Å²) in [6.07, 6.45) is 3.32. The molecule has 1 spiro atoms. The molecule has 3 heterocycles. The second-order valence-electron chi connectivity index (χ2n) is 9.60. The van der Waals surface area contributed by atoms with Crippen molar-refractivity contribution >= 4 is 22.4 Å². The van der Waals surface area contributed by atoms with Crippen LogP contribution in [0.2, 0.25) is 0 Å². The van der Waals surface area contributed by atoms with Crippen molar-refractivity contribution in [2.45, 2.75) is 45.2 Å². The number of carbonyl (C=O) groups excluding carboxylic acids is 1. The van der Waals surface area contributed by atoms with Crippen molar-refractivity contribution < 1.29 is 9.32 Å². The van der Waals surface area contributed by atoms with Crippen LogP contribution in [-0.4, -0.2) is 60.1 Å². The Morgan fingerprint density at radius 1 is 1.09 bits per heavy atom. The van der Waals surface area contributed by atoms with Crippen LogP contribution < -0.4 is 4.90 Å². The Bertz CT molecular complexity index is 1150. The average Bonchev–Trinajstić information content (AvgIpc) is 3.12. The molecule has 0 bridgehead atoms. The number of fused-ring (bicyclic) bond motifs is 1. The van der Waals surface area contributed by atoms with E-state index in [0.717, 1.165) is 78.9 Å². The zero-order valence-electron chi connectivity index (χ0n) is 19.5. The molecule has 2 aromatic carbocycles. The molecule has 0 N–H and O–H groups in total. The van der Waals surface area contributed by atoms with E-state index >= 15 is 0 Å². The highest BCUT2D eigenvalue weighted by Gasteiger charge is 2.48. The van der Waals surface area contributed by atoms with Gasteiger partial charge in [0.05, 0.1) is 5.69 Å². The van der Waals surface area contributed by atoms with Crippen molar-refractivity contribution in [3.05, 3.63) is 59.0 Å². The zero-order chi connectivity index (χ0) is 22.5. The van der Waals surface area contributed by atoms with Crippen LogP contribution in [0.15, 0.2) is 40.9 Å². The lowest BCUT2D eigenvalue weighted by atomic mass is 9.77. The van der Waals surface area contributed by atoms with Gasteiger partial charge in [-0.2, -0.15) is 0 Å². The minimum Gasteiger partial charge on any atom is -0.377 e. The molecule has 168 valence electrons. The van der Waals surface area contributed by atoms with E-state index in [-0.39, 0.29) is 11.4 Å². The predicted octanol–water partition coefficient (Wildman–Crippen LogP) is 4.39. The first-order valence-corrected chi connectivity index (χ1v) is 11.5. The van der Waals surface area contributed by atoms with E-state index in [4.69, 9.17) is 4.52 Å². The van der Waals surface area contributed by atoms with Gasteiger partial charge in [-0.05, 0) is 50.6 Å². The number of nitrogens with zero attached hydrogens (tertiary/aromatic N) is 4. The van der Waals surface area contributed by atoms with E-state index in [2.05, 4.69) is 38.1 Å². The molecule has 32 heavy (non-hydrogen) atoms. The van der Waals surface area contributed by atoms with Crippen LogP contribution in [0.4, 0.5) is 5.69 Å². The van der Waals surface area contributed by atoms with Crippen LogP contribution in [0.1, 0.15) is 46.6 Å². The van der Waals surface area contributed by atoms with Crippen LogP contribution in [0.25, 0.3) is 10.8 Å². The maximum absolute atomic E-state index is 13.7. The number of amides is 1. The molecule has 2 saturated heterocycles. The summed E-state index contributed by atoms with van der Waals surface area (Å²) >= 11 is 0. The van der Waals surface area contributed by atoms with Crippen LogP contribution >= 0.6 is 0 Å². The lowest BCUT2D eigenvalue weighted by Gasteiger charge is -2.57. The van der Waals surface area contributed by atoms with Gasteiger partial charge in [-0.1, -0.05) is 29.4 Å². The van der Waals surface area contributed by atoms with E-state index in [1.165, 1.54) is 5.56 Å². The Morgan fingerprint density at radius 3 is 2.53 bits per heavy atom. The van der Waals surface area contributed by atoms with Crippen LogP contribution in [-0.2, 0) is 6.54 Å². The van der Waals surface area contributed by atoms with Gasteiger partial charge in [-0.3, -0.25) is 9.69 Å². The molecule has 0 radical (unpaired) electrons. The number of likely N-dealkylation sites (tertiary alicyclic amines) is 2. The molecule has 6 nitrogen and oxygen atoms in total. The Morgan fingerprint density at radius 2 is 1.88 bits per heavy atom. The first-order chi connectivity index (χ1) is 15.4. The Kier molecular flexibility index (Phi) is 5.20. The maximum Gasteiger partial charge on any atom is 0.254 e. The topological polar surface area (TPSA) is 52.8 Å². The van der Waals surface area contributed by atoms with Gasteiger partial charge in [0, 0.05) is 68.0 Å². The number of benzene rings is 2. The van der Waals surface area contributed by atoms with E-state index in [1.807, 2.05) is 46.1 Å². The van der Waals surface area contributed by atoms with Crippen molar-refractivity contribution in [3.8, 4) is 0 Å². The smallest absolute Gasteiger partial charge is 0.254 e. The summed E-state index contributed by atoms with van der Waals surface area (Å²) in [5.41, 5.74) is 4.18. The zero-order valence-corrected chi connectivity index (χ0v) is 19.5. The SMILES string of the molecule is Cc1noc(C)c1CN1CCC12CCCN(C(=O)c1ccc(N(C)C)c3ccccc13)C2. The van der Waals surface area contributed by atoms with E-state index in [0.29, 0.717) is 0 Å². The summed E-state index contributed by atoms with van der Waals surface area (Å²) < 4.78 is 5.38. The lowest BCUT2D eigenvalue weighted by molar-refractivity contribution is -0.0651. The fraction of sp³-hybridized carbons (Fsp3) is 0.462. The minimum absolute atomic E-state index is 0.0729. The number of rotatable bonds is 4. The standard InChI is InChI=1S/C26H32N4O2/c1-18-23(19(2)32-27-18)16-30-15-13-26(30)12-7-14-29(17-26)25(31)22-10-11-24(28(3)4)21-9-6-5-8-20(21)22/h5-6,8-11H,7,12-17H2,1-4H3. The number of hydrogen-bond donors (Lipinski definition) is 0. The monoisotopic (exact) mass is 432 g/mol. The number of carbonyl (C=O) groups is 1. The first kappa shape index (κ1) is 21.0. The Balaban J connectivity index is 1.41. The number of piperidine rings is 1. The van der Waals surface area contributed by atoms with Gasteiger partial charge in [0.2, 0.25) is 0 Å². The molecule has 3 aromatic rings. The van der Waals surface area contributed by atoms with Gasteiger partial charge in [0.15, 0.2) is 0 Å². The predicted molar refractivity (Wildman–Crippen MR) is 127 cm³/mol. The van der Waals surface area contributed by atoms with E-state index in [1.54, 1.807) is 0 Å². The first-order valence-electron chi connectivity index (χ1n) is 11.5. The molecule has 0 saturated carbocycles. The molecule has 5 rings (SSSR count). The van der Waals surface area contributed by atoms with E-state index in [9.17, 15) is 4.79 Å². The molecular weight excluding hydrogens is 400 g/mol. The van der Waals surface area contributed by atoms with Gasteiger partial charge in [-0.25, -0.2) is 0 Å². The summed E-state index contributed by atoms with van der Waals surface area (Å²) in [7, 11) is 4.09. The molecule has 6 heteroatoms. The fourth-order valence-corrected chi connectivity index (χ4v) is 5.53. The minimum atomic E-state index is 0.0729. The molecule has 1 aromatic heterocycles. The van der Waals surface area contributed by atoms with Crippen molar-refractivity contribution in [1.29, 1.82) is 0 Å². The highest BCUT2D eigenvalue weighted by molar-refractivity contribution is 6.10. The number of anilines is 1. The number of aryl methyl sites for hydroxylation is 2. The summed E-state index contributed by atoms with van der Waals surface area (Å²) in [4.78, 5) is 20.4. The normalized spacial score (nSPS) is 21.2. The van der Waals surface area contributed by atoms with Gasteiger partial charge >= 0.3 is 0 Å². The molecule has 2 aliphatic rings. The van der Waals surface area contributed by atoms with Gasteiger partial charge in [0.1, 0.15) is 5.76 Å². The quantitative estimate of drug-likeness (QED) is 0.612. The van der Waals surface area contributed by atoms with Gasteiger partial charge in [0.25, 0.3) is 5.91 Å². The second-order valence-corrected chi connectivity index (χ2v) is 9.60. The van der Waals surface area contributed by atoms with Crippen molar-refractivity contribution in [3.63, 3.8) is 0 Å². The van der Waals surface area contributed by atoms with Gasteiger partial charge < -0.3 is 14.3 Å². The molecule has 2 fully saturated rings. The van der Waals surface area contributed by atoms with Crippen molar-refractivity contribution in [2.24, 2.45) is 0 Å². The molecule has 2 aliphatic heterocycles. The third-order valence-electron chi connectivity index (χ3n) is 7.50.